The van der Waals surface area contributed by atoms with E-state index in [4.69, 9.17) is 24.9 Å². The zero-order valence-corrected chi connectivity index (χ0v) is 24.5. The minimum Gasteiger partial charge on any atom is -0.472 e. The number of fused-ring (bicyclic) bond motifs is 2. The molecule has 3 fully saturated rings. The second-order valence-electron chi connectivity index (χ2n) is 12.2. The van der Waals surface area contributed by atoms with Crippen LogP contribution in [0.5, 0.6) is 11.9 Å². The average Bonchev–Trinajstić information content (AvgIpc) is 3.76. The molecular formula is C29H34F4N8O3. The maximum atomic E-state index is 16.6. The van der Waals surface area contributed by atoms with Crippen molar-refractivity contribution in [3.05, 3.63) is 23.1 Å². The molecule has 1 saturated carbocycles. The van der Waals surface area contributed by atoms with Gasteiger partial charge in [-0.25, -0.2) is 14.4 Å². The van der Waals surface area contributed by atoms with E-state index in [2.05, 4.69) is 25.2 Å². The van der Waals surface area contributed by atoms with Gasteiger partial charge in [-0.2, -0.15) is 23.1 Å². The third-order valence-corrected chi connectivity index (χ3v) is 8.99. The fourth-order valence-corrected chi connectivity index (χ4v) is 6.52. The van der Waals surface area contributed by atoms with Crippen molar-refractivity contribution in [2.24, 2.45) is 5.41 Å². The third-order valence-electron chi connectivity index (χ3n) is 8.99. The first-order valence-electron chi connectivity index (χ1n) is 14.9. The highest BCUT2D eigenvalue weighted by molar-refractivity contribution is 5.97. The number of alkyl halides is 3. The Morgan fingerprint density at radius 3 is 2.64 bits per heavy atom. The molecule has 3 aliphatic heterocycles. The number of nitrogens with one attached hydrogen (secondary N) is 1. The molecule has 7 rings (SSSR count). The van der Waals surface area contributed by atoms with E-state index in [-0.39, 0.29) is 45.8 Å². The largest absolute Gasteiger partial charge is 0.472 e. The van der Waals surface area contributed by atoms with Gasteiger partial charge in [0.05, 0.1) is 37.1 Å². The Labute approximate surface area is 251 Å². The smallest absolute Gasteiger partial charge is 0.418 e. The molecule has 3 aromatic rings. The van der Waals surface area contributed by atoms with E-state index in [1.54, 1.807) is 0 Å². The highest BCUT2D eigenvalue weighted by Gasteiger charge is 2.46. The van der Waals surface area contributed by atoms with Crippen molar-refractivity contribution in [2.45, 2.75) is 45.0 Å². The number of hydrogen-bond acceptors (Lipinski definition) is 11. The van der Waals surface area contributed by atoms with Crippen LogP contribution in [0.15, 0.2) is 6.07 Å². The van der Waals surface area contributed by atoms with Crippen molar-refractivity contribution in [3.8, 4) is 23.1 Å². The van der Waals surface area contributed by atoms with E-state index >= 15 is 4.39 Å². The highest BCUT2D eigenvalue weighted by atomic mass is 19.4. The Hall–Kier alpha value is -3.56. The van der Waals surface area contributed by atoms with Crippen molar-refractivity contribution in [1.82, 2.24) is 30.2 Å². The summed E-state index contributed by atoms with van der Waals surface area (Å²) in [4.78, 5) is 21.7. The lowest BCUT2D eigenvalue weighted by Gasteiger charge is -2.38. The fourth-order valence-electron chi connectivity index (χ4n) is 6.52. The summed E-state index contributed by atoms with van der Waals surface area (Å²) in [5, 5.41) is 3.53. The molecule has 0 spiro atoms. The summed E-state index contributed by atoms with van der Waals surface area (Å²) in [6.07, 6.45) is -3.34. The number of morpholine rings is 1. The Kier molecular flexibility index (Phi) is 7.16. The summed E-state index contributed by atoms with van der Waals surface area (Å²) in [5.41, 5.74) is 2.92. The SMILES string of the molecule is Cc1nc(N)cc(-c2nc3c4c(nc(OCC5(CN6CCOCC6)CC5)nc4c2F)N2CCNC[C@H]2[C@H](C)O3)c1C(F)(F)F. The molecule has 4 aliphatic rings. The number of nitrogens with zero attached hydrogens (tertiary/aromatic N) is 6. The summed E-state index contributed by atoms with van der Waals surface area (Å²) in [6.45, 7) is 9.05. The zero-order valence-electron chi connectivity index (χ0n) is 24.5. The van der Waals surface area contributed by atoms with Crippen LogP contribution in [0, 0.1) is 18.2 Å². The minimum absolute atomic E-state index is 0.0453. The Morgan fingerprint density at radius 2 is 1.91 bits per heavy atom. The van der Waals surface area contributed by atoms with Gasteiger partial charge in [-0.1, -0.05) is 0 Å². The van der Waals surface area contributed by atoms with Crippen molar-refractivity contribution in [3.63, 3.8) is 0 Å². The van der Waals surface area contributed by atoms with Crippen LogP contribution in [0.3, 0.4) is 0 Å². The number of aryl methyl sites for hydroxylation is 1. The first-order chi connectivity index (χ1) is 21.0. The summed E-state index contributed by atoms with van der Waals surface area (Å²) in [7, 11) is 0. The van der Waals surface area contributed by atoms with Crippen molar-refractivity contribution in [2.75, 3.05) is 69.7 Å². The van der Waals surface area contributed by atoms with Gasteiger partial charge >= 0.3 is 12.2 Å². The van der Waals surface area contributed by atoms with Gasteiger partial charge in [-0.15, -0.1) is 0 Å². The monoisotopic (exact) mass is 618 g/mol. The predicted molar refractivity (Wildman–Crippen MR) is 153 cm³/mol. The second kappa shape index (κ2) is 10.8. The third kappa shape index (κ3) is 5.24. The Balaban J connectivity index is 1.36. The molecule has 3 aromatic heterocycles. The number of rotatable bonds is 6. The van der Waals surface area contributed by atoms with E-state index < -0.39 is 34.9 Å². The lowest BCUT2D eigenvalue weighted by atomic mass is 10.0. The summed E-state index contributed by atoms with van der Waals surface area (Å²) in [6, 6.07) is 0.738. The molecule has 0 aromatic carbocycles. The van der Waals surface area contributed by atoms with E-state index in [1.165, 1.54) is 6.92 Å². The van der Waals surface area contributed by atoms with Gasteiger partial charge in [0.2, 0.25) is 5.88 Å². The quantitative estimate of drug-likeness (QED) is 0.396. The molecule has 15 heteroatoms. The molecule has 0 amide bonds. The first kappa shape index (κ1) is 29.2. The van der Waals surface area contributed by atoms with Crippen LogP contribution in [-0.4, -0.2) is 96.1 Å². The Bertz CT molecular complexity index is 1600. The van der Waals surface area contributed by atoms with Gasteiger partial charge in [0.25, 0.3) is 0 Å². The Morgan fingerprint density at radius 1 is 1.14 bits per heavy atom. The predicted octanol–water partition coefficient (Wildman–Crippen LogP) is 3.19. The maximum absolute atomic E-state index is 16.6. The van der Waals surface area contributed by atoms with Crippen LogP contribution < -0.4 is 25.4 Å². The lowest BCUT2D eigenvalue weighted by molar-refractivity contribution is -0.137. The number of hydrogen-bond donors (Lipinski definition) is 2. The van der Waals surface area contributed by atoms with E-state index in [0.29, 0.717) is 45.3 Å². The standard InChI is InChI=1S/C29H34F4N8O3/c1-15-21(29(31,32)33)17(11-19(34)36-15)23-22(30)24-20-25(41-6-5-35-12-18(41)16(2)44-26(20)37-23)39-27(38-24)43-14-28(3-4-28)13-40-7-9-42-10-8-40/h11,16,18,35H,3-10,12-14H2,1-2H3,(H2,34,36)/t16-,18-/m0/s1. The van der Waals surface area contributed by atoms with Crippen LogP contribution in [-0.2, 0) is 10.9 Å². The number of aromatic nitrogens is 4. The molecule has 2 atom stereocenters. The number of nitrogen functional groups attached to an aromatic ring is 1. The van der Waals surface area contributed by atoms with Crippen molar-refractivity contribution in [1.29, 1.82) is 0 Å². The van der Waals surface area contributed by atoms with E-state index in [1.807, 2.05) is 11.8 Å². The normalized spacial score (nSPS) is 23.2. The molecule has 0 radical (unpaired) electrons. The number of ether oxygens (including phenoxy) is 3. The number of anilines is 2. The second-order valence-corrected chi connectivity index (χ2v) is 12.2. The van der Waals surface area contributed by atoms with E-state index in [9.17, 15) is 13.2 Å². The number of halogens is 4. The number of piperazine rings is 1. The lowest BCUT2D eigenvalue weighted by Crippen LogP contribution is -2.56. The van der Waals surface area contributed by atoms with Crippen LogP contribution in [0.2, 0.25) is 0 Å². The van der Waals surface area contributed by atoms with Gasteiger partial charge < -0.3 is 30.2 Å². The molecule has 44 heavy (non-hydrogen) atoms. The fraction of sp³-hybridized carbons (Fsp3) is 0.586. The molecule has 2 saturated heterocycles. The molecular weight excluding hydrogens is 584 g/mol. The molecule has 0 bridgehead atoms. The minimum atomic E-state index is -4.85. The van der Waals surface area contributed by atoms with Gasteiger partial charge in [0.15, 0.2) is 5.82 Å². The number of nitrogens with two attached hydrogens (primary N) is 1. The van der Waals surface area contributed by atoms with Gasteiger partial charge in [-0.3, -0.25) is 4.90 Å². The summed E-state index contributed by atoms with van der Waals surface area (Å²) in [5.74, 6) is -0.912. The first-order valence-corrected chi connectivity index (χ1v) is 14.9. The zero-order chi connectivity index (χ0) is 30.8. The van der Waals surface area contributed by atoms with Crippen LogP contribution in [0.4, 0.5) is 29.2 Å². The van der Waals surface area contributed by atoms with E-state index in [0.717, 1.165) is 38.5 Å². The van der Waals surface area contributed by atoms with Crippen LogP contribution >= 0.6 is 0 Å². The summed E-state index contributed by atoms with van der Waals surface area (Å²) >= 11 is 0. The van der Waals surface area contributed by atoms with Crippen molar-refractivity contribution < 1.29 is 31.8 Å². The van der Waals surface area contributed by atoms with Gasteiger partial charge in [0.1, 0.15) is 34.3 Å². The summed E-state index contributed by atoms with van der Waals surface area (Å²) < 4.78 is 77.3. The van der Waals surface area contributed by atoms with Crippen LogP contribution in [0.1, 0.15) is 31.0 Å². The molecule has 6 heterocycles. The maximum Gasteiger partial charge on any atom is 0.418 e. The number of pyridine rings is 2. The molecule has 236 valence electrons. The highest BCUT2D eigenvalue weighted by Crippen LogP contribution is 2.48. The van der Waals surface area contributed by atoms with Gasteiger partial charge in [0, 0.05) is 50.2 Å². The molecule has 11 nitrogen and oxygen atoms in total. The molecule has 3 N–H and O–H groups in total. The molecule has 0 unspecified atom stereocenters. The molecule has 1 aliphatic carbocycles. The van der Waals surface area contributed by atoms with Crippen LogP contribution in [0.25, 0.3) is 22.2 Å². The van der Waals surface area contributed by atoms with Gasteiger partial charge in [-0.05, 0) is 32.8 Å². The topological polar surface area (TPSA) is 124 Å². The average molecular weight is 619 g/mol. The van der Waals surface area contributed by atoms with Crippen molar-refractivity contribution >= 4 is 22.5 Å².